The predicted octanol–water partition coefficient (Wildman–Crippen LogP) is 3.74. The zero-order chi connectivity index (χ0) is 24.0. The van der Waals surface area contributed by atoms with Crippen LogP contribution in [-0.4, -0.2) is 70.7 Å². The third-order valence-corrected chi connectivity index (χ3v) is 7.28. The van der Waals surface area contributed by atoms with Crippen LogP contribution in [0.4, 0.5) is 23.7 Å². The Morgan fingerprint density at radius 3 is 2.32 bits per heavy atom. The van der Waals surface area contributed by atoms with Gasteiger partial charge in [0.1, 0.15) is 0 Å². The number of Topliss-reactive ketones (excluding diaryl/α,β-unsaturated/α-hetero) is 1. The second kappa shape index (κ2) is 8.72. The van der Waals surface area contributed by atoms with Gasteiger partial charge in [-0.2, -0.15) is 23.0 Å². The van der Waals surface area contributed by atoms with Gasteiger partial charge < -0.3 is 9.80 Å². The summed E-state index contributed by atoms with van der Waals surface area (Å²) in [7, 11) is 0. The van der Waals surface area contributed by atoms with Crippen LogP contribution in [0, 0.1) is 11.8 Å². The van der Waals surface area contributed by atoms with E-state index in [4.69, 9.17) is 0 Å². The molecule has 0 bridgehead atoms. The molecule has 1 amide bonds. The molecule has 2 aromatic rings. The first-order chi connectivity index (χ1) is 16.2. The molecule has 5 rings (SSSR count). The standard InChI is InChI=1S/C24H28F3N5O2/c1-16(33)18-9-28-32(15-18)23(34)31-13-19-11-29(12-20(19)14-31)10-17-4-5-21(30-6-2-3-7-30)8-22(17)24(25,26)27/h4-5,8-9,15,19-20H,2-3,6-7,10-14H2,1H3. The molecule has 1 aromatic carbocycles. The lowest BCUT2D eigenvalue weighted by Gasteiger charge is -2.24. The number of amides is 1. The van der Waals surface area contributed by atoms with Crippen molar-refractivity contribution in [3.63, 3.8) is 0 Å². The average Bonchev–Trinajstić information content (AvgIpc) is 3.56. The van der Waals surface area contributed by atoms with E-state index in [-0.39, 0.29) is 30.2 Å². The number of fused-ring (bicyclic) bond motifs is 1. The van der Waals surface area contributed by atoms with E-state index in [1.807, 2.05) is 11.0 Å². The molecule has 2 atom stereocenters. The first kappa shape index (κ1) is 22.9. The Labute approximate surface area is 196 Å². The topological polar surface area (TPSA) is 61.7 Å². The van der Waals surface area contributed by atoms with Crippen molar-refractivity contribution in [2.75, 3.05) is 44.2 Å². The molecule has 7 nitrogen and oxygen atoms in total. The van der Waals surface area contributed by atoms with Gasteiger partial charge in [-0.25, -0.2) is 4.79 Å². The first-order valence-electron chi connectivity index (χ1n) is 11.7. The number of rotatable bonds is 4. The summed E-state index contributed by atoms with van der Waals surface area (Å²) in [5.41, 5.74) is 0.782. The quantitative estimate of drug-likeness (QED) is 0.631. The molecule has 182 valence electrons. The molecule has 0 spiro atoms. The summed E-state index contributed by atoms with van der Waals surface area (Å²) in [5, 5.41) is 4.00. The molecule has 34 heavy (non-hydrogen) atoms. The van der Waals surface area contributed by atoms with Crippen molar-refractivity contribution in [1.29, 1.82) is 0 Å². The van der Waals surface area contributed by atoms with Gasteiger partial charge in [-0.3, -0.25) is 9.69 Å². The van der Waals surface area contributed by atoms with E-state index in [9.17, 15) is 22.8 Å². The number of anilines is 1. The number of hydrogen-bond acceptors (Lipinski definition) is 5. The van der Waals surface area contributed by atoms with Crippen LogP contribution in [0.25, 0.3) is 0 Å². The highest BCUT2D eigenvalue weighted by molar-refractivity contribution is 5.94. The zero-order valence-electron chi connectivity index (χ0n) is 19.1. The SMILES string of the molecule is CC(=O)c1cnn(C(=O)N2CC3CN(Cc4ccc(N5CCCC5)cc4C(F)(F)F)CC3C2)c1. The Bertz CT molecular complexity index is 1080. The van der Waals surface area contributed by atoms with E-state index in [0.717, 1.165) is 25.9 Å². The van der Waals surface area contributed by atoms with Gasteiger partial charge in [0.15, 0.2) is 5.78 Å². The van der Waals surface area contributed by atoms with Crippen LogP contribution in [-0.2, 0) is 12.7 Å². The Hall–Kier alpha value is -2.88. The highest BCUT2D eigenvalue weighted by atomic mass is 19.4. The molecular weight excluding hydrogens is 447 g/mol. The smallest absolute Gasteiger partial charge is 0.372 e. The molecule has 0 N–H and O–H groups in total. The summed E-state index contributed by atoms with van der Waals surface area (Å²) >= 11 is 0. The number of benzene rings is 1. The number of carbonyl (C=O) groups is 2. The fourth-order valence-electron chi connectivity index (χ4n) is 5.51. The van der Waals surface area contributed by atoms with Crippen molar-refractivity contribution in [1.82, 2.24) is 19.6 Å². The van der Waals surface area contributed by atoms with Gasteiger partial charge in [0.05, 0.1) is 17.3 Å². The number of carbonyl (C=O) groups excluding carboxylic acids is 2. The molecule has 3 aliphatic heterocycles. The third kappa shape index (κ3) is 4.43. The van der Waals surface area contributed by atoms with E-state index < -0.39 is 11.7 Å². The van der Waals surface area contributed by atoms with Gasteiger partial charge >= 0.3 is 12.2 Å². The van der Waals surface area contributed by atoms with E-state index >= 15 is 0 Å². The van der Waals surface area contributed by atoms with Gasteiger partial charge in [-0.05, 0) is 49.3 Å². The minimum absolute atomic E-state index is 0.153. The summed E-state index contributed by atoms with van der Waals surface area (Å²) in [6, 6.07) is 4.47. The summed E-state index contributed by atoms with van der Waals surface area (Å²) in [6.45, 7) is 5.65. The van der Waals surface area contributed by atoms with Crippen molar-refractivity contribution in [2.24, 2.45) is 11.8 Å². The normalized spacial score (nSPS) is 23.1. The molecule has 2 unspecified atom stereocenters. The molecule has 0 saturated carbocycles. The summed E-state index contributed by atoms with van der Waals surface area (Å²) in [4.78, 5) is 30.0. The number of alkyl halides is 3. The fourth-order valence-corrected chi connectivity index (χ4v) is 5.51. The second-order valence-electron chi connectivity index (χ2n) is 9.66. The molecule has 0 radical (unpaired) electrons. The van der Waals surface area contributed by atoms with Crippen molar-refractivity contribution in [3.05, 3.63) is 47.3 Å². The number of likely N-dealkylation sites (tertiary alicyclic amines) is 2. The van der Waals surface area contributed by atoms with E-state index in [0.29, 0.717) is 43.0 Å². The summed E-state index contributed by atoms with van der Waals surface area (Å²) < 4.78 is 42.8. The highest BCUT2D eigenvalue weighted by Crippen LogP contribution is 2.38. The van der Waals surface area contributed by atoms with E-state index in [1.54, 1.807) is 11.0 Å². The van der Waals surface area contributed by atoms with E-state index in [1.165, 1.54) is 30.1 Å². The van der Waals surface area contributed by atoms with Crippen molar-refractivity contribution < 1.29 is 22.8 Å². The Balaban J connectivity index is 1.24. The van der Waals surface area contributed by atoms with Gasteiger partial charge in [0.2, 0.25) is 0 Å². The number of aromatic nitrogens is 2. The first-order valence-corrected chi connectivity index (χ1v) is 11.7. The van der Waals surface area contributed by atoms with Crippen LogP contribution in [0.1, 0.15) is 41.3 Å². The lowest BCUT2D eigenvalue weighted by Crippen LogP contribution is -2.36. The molecule has 3 saturated heterocycles. The summed E-state index contributed by atoms with van der Waals surface area (Å²) in [6.07, 6.45) is 0.447. The van der Waals surface area contributed by atoms with Gasteiger partial charge in [0, 0.05) is 57.7 Å². The summed E-state index contributed by atoms with van der Waals surface area (Å²) in [5.74, 6) is 0.273. The maximum absolute atomic E-state index is 13.9. The number of halogens is 3. The number of nitrogens with zero attached hydrogens (tertiary/aromatic N) is 5. The molecule has 0 aliphatic carbocycles. The minimum atomic E-state index is -4.40. The zero-order valence-corrected chi connectivity index (χ0v) is 19.1. The molecule has 10 heteroatoms. The lowest BCUT2D eigenvalue weighted by molar-refractivity contribution is -0.138. The maximum Gasteiger partial charge on any atom is 0.416 e. The van der Waals surface area contributed by atoms with Gasteiger partial charge in [0.25, 0.3) is 0 Å². The highest BCUT2D eigenvalue weighted by Gasteiger charge is 2.43. The van der Waals surface area contributed by atoms with Gasteiger partial charge in [-0.15, -0.1) is 0 Å². The molecular formula is C24H28F3N5O2. The van der Waals surface area contributed by atoms with Crippen LogP contribution < -0.4 is 4.90 Å². The average molecular weight is 476 g/mol. The van der Waals surface area contributed by atoms with Crippen LogP contribution in [0.15, 0.2) is 30.6 Å². The number of ketones is 1. The largest absolute Gasteiger partial charge is 0.416 e. The van der Waals surface area contributed by atoms with E-state index in [2.05, 4.69) is 10.00 Å². The van der Waals surface area contributed by atoms with Crippen molar-refractivity contribution in [3.8, 4) is 0 Å². The lowest BCUT2D eigenvalue weighted by atomic mass is 10.0. The predicted molar refractivity (Wildman–Crippen MR) is 120 cm³/mol. The van der Waals surface area contributed by atoms with Crippen LogP contribution in [0.3, 0.4) is 0 Å². The Morgan fingerprint density at radius 1 is 1.06 bits per heavy atom. The third-order valence-electron chi connectivity index (χ3n) is 7.28. The van der Waals surface area contributed by atoms with Crippen molar-refractivity contribution >= 4 is 17.5 Å². The second-order valence-corrected chi connectivity index (χ2v) is 9.66. The fraction of sp³-hybridized carbons (Fsp3) is 0.542. The molecule has 3 aliphatic rings. The Morgan fingerprint density at radius 2 is 1.74 bits per heavy atom. The van der Waals surface area contributed by atoms with Crippen LogP contribution in [0.5, 0.6) is 0 Å². The minimum Gasteiger partial charge on any atom is -0.372 e. The van der Waals surface area contributed by atoms with Gasteiger partial charge in [-0.1, -0.05) is 6.07 Å². The van der Waals surface area contributed by atoms with Crippen LogP contribution in [0.2, 0.25) is 0 Å². The Kier molecular flexibility index (Phi) is 5.87. The molecule has 3 fully saturated rings. The van der Waals surface area contributed by atoms with Crippen molar-refractivity contribution in [2.45, 2.75) is 32.5 Å². The monoisotopic (exact) mass is 475 g/mol. The molecule has 1 aromatic heterocycles. The van der Waals surface area contributed by atoms with Crippen LogP contribution >= 0.6 is 0 Å². The maximum atomic E-state index is 13.9. The number of hydrogen-bond donors (Lipinski definition) is 0. The molecule has 4 heterocycles.